The molecule has 0 aliphatic heterocycles. The number of halogens is 2. The zero-order valence-electron chi connectivity index (χ0n) is 9.67. The molecule has 0 amide bonds. The third-order valence-electron chi connectivity index (χ3n) is 3.17. The lowest BCUT2D eigenvalue weighted by Gasteiger charge is -2.16. The van der Waals surface area contributed by atoms with Crippen LogP contribution in [0.5, 0.6) is 0 Å². The summed E-state index contributed by atoms with van der Waals surface area (Å²) in [4.78, 5) is 0. The van der Waals surface area contributed by atoms with E-state index in [0.29, 0.717) is 22.3 Å². The molecule has 94 valence electrons. The third-order valence-corrected chi connectivity index (χ3v) is 3.78. The van der Waals surface area contributed by atoms with Crippen molar-refractivity contribution in [1.82, 2.24) is 0 Å². The van der Waals surface area contributed by atoms with Gasteiger partial charge in [0.1, 0.15) is 5.82 Å². The molecule has 0 heterocycles. The van der Waals surface area contributed by atoms with Crippen LogP contribution in [0.15, 0.2) is 16.6 Å². The molecule has 0 radical (unpaired) electrons. The van der Waals surface area contributed by atoms with Crippen molar-refractivity contribution in [3.63, 3.8) is 0 Å². The predicted molar refractivity (Wildman–Crippen MR) is 70.6 cm³/mol. The van der Waals surface area contributed by atoms with Crippen molar-refractivity contribution in [2.24, 2.45) is 0 Å². The van der Waals surface area contributed by atoms with Crippen LogP contribution in [0.1, 0.15) is 19.3 Å². The topological polar surface area (TPSA) is 47.3 Å². The van der Waals surface area contributed by atoms with E-state index in [9.17, 15) is 4.39 Å². The summed E-state index contributed by atoms with van der Waals surface area (Å²) in [6.07, 6.45) is 3.38. The molecule has 1 aromatic carbocycles. The van der Waals surface area contributed by atoms with Gasteiger partial charge in [0.15, 0.2) is 0 Å². The molecule has 2 atom stereocenters. The Kier molecular flexibility index (Phi) is 3.89. The number of hydrogen-bond donors (Lipinski definition) is 2. The first-order valence-corrected chi connectivity index (χ1v) is 6.43. The summed E-state index contributed by atoms with van der Waals surface area (Å²) < 4.78 is 19.0. The van der Waals surface area contributed by atoms with Gasteiger partial charge in [-0.3, -0.25) is 0 Å². The lowest BCUT2D eigenvalue weighted by atomic mass is 10.2. The molecule has 2 rings (SSSR count). The second kappa shape index (κ2) is 5.23. The highest BCUT2D eigenvalue weighted by molar-refractivity contribution is 9.10. The maximum absolute atomic E-state index is 13.2. The average Bonchev–Trinajstić information content (AvgIpc) is 2.73. The van der Waals surface area contributed by atoms with Gasteiger partial charge in [-0.1, -0.05) is 0 Å². The molecule has 0 saturated heterocycles. The Balaban J connectivity index is 2.06. The highest BCUT2D eigenvalue weighted by atomic mass is 79.9. The molecular weight excluding hydrogens is 287 g/mol. The van der Waals surface area contributed by atoms with Gasteiger partial charge in [0.05, 0.1) is 22.0 Å². The number of anilines is 2. The van der Waals surface area contributed by atoms with Gasteiger partial charge in [0, 0.05) is 19.2 Å². The van der Waals surface area contributed by atoms with Crippen LogP contribution in [0, 0.1) is 5.82 Å². The molecule has 1 aliphatic carbocycles. The second-order valence-electron chi connectivity index (χ2n) is 4.37. The Bertz CT molecular complexity index is 414. The number of nitrogen functional groups attached to an aromatic ring is 1. The van der Waals surface area contributed by atoms with Crippen LogP contribution in [-0.4, -0.2) is 19.3 Å². The van der Waals surface area contributed by atoms with Crippen LogP contribution >= 0.6 is 15.9 Å². The molecule has 1 aromatic rings. The molecule has 0 aromatic heterocycles. The molecule has 1 saturated carbocycles. The monoisotopic (exact) mass is 302 g/mol. The first kappa shape index (κ1) is 12.6. The van der Waals surface area contributed by atoms with E-state index in [1.54, 1.807) is 13.2 Å². The second-order valence-corrected chi connectivity index (χ2v) is 5.22. The fraction of sp³-hybridized carbons (Fsp3) is 0.500. The number of hydrogen-bond acceptors (Lipinski definition) is 3. The maximum Gasteiger partial charge on any atom is 0.139 e. The Hall–Kier alpha value is -0.810. The average molecular weight is 303 g/mol. The summed E-state index contributed by atoms with van der Waals surface area (Å²) in [6.45, 7) is 0. The number of rotatable bonds is 3. The molecule has 5 heteroatoms. The predicted octanol–water partition coefficient (Wildman–Crippen LogP) is 3.15. The number of benzene rings is 1. The van der Waals surface area contributed by atoms with E-state index >= 15 is 0 Å². The van der Waals surface area contributed by atoms with E-state index in [4.69, 9.17) is 10.5 Å². The summed E-state index contributed by atoms with van der Waals surface area (Å²) in [5, 5.41) is 3.34. The van der Waals surface area contributed by atoms with E-state index in [-0.39, 0.29) is 5.82 Å². The van der Waals surface area contributed by atoms with E-state index in [1.807, 2.05) is 0 Å². The van der Waals surface area contributed by atoms with Gasteiger partial charge in [0.2, 0.25) is 0 Å². The van der Waals surface area contributed by atoms with Crippen molar-refractivity contribution < 1.29 is 9.13 Å². The maximum atomic E-state index is 13.2. The number of ether oxygens (including phenoxy) is 1. The minimum atomic E-state index is -0.339. The largest absolute Gasteiger partial charge is 0.397 e. The van der Waals surface area contributed by atoms with Crippen LogP contribution in [0.2, 0.25) is 0 Å². The number of nitrogens with two attached hydrogens (primary N) is 1. The normalized spacial score (nSPS) is 23.9. The molecule has 3 N–H and O–H groups in total. The van der Waals surface area contributed by atoms with Crippen molar-refractivity contribution in [3.8, 4) is 0 Å². The molecule has 3 nitrogen and oxygen atoms in total. The summed E-state index contributed by atoms with van der Waals surface area (Å²) >= 11 is 3.16. The Morgan fingerprint density at radius 2 is 2.24 bits per heavy atom. The first-order valence-electron chi connectivity index (χ1n) is 5.64. The van der Waals surface area contributed by atoms with Gasteiger partial charge in [-0.05, 0) is 41.3 Å². The third kappa shape index (κ3) is 2.90. The first-order chi connectivity index (χ1) is 8.10. The smallest absolute Gasteiger partial charge is 0.139 e. The van der Waals surface area contributed by atoms with Gasteiger partial charge in [-0.15, -0.1) is 0 Å². The number of methoxy groups -OCH3 is 1. The standard InChI is InChI=1S/C12H16BrFN2O/c1-17-8-3-2-7(4-8)16-12-5-9(13)10(14)6-11(12)15/h5-8,16H,2-4,15H2,1H3. The van der Waals surface area contributed by atoms with Crippen molar-refractivity contribution >= 4 is 27.3 Å². The SMILES string of the molecule is COC1CCC(Nc2cc(Br)c(F)cc2N)C1. The molecule has 2 unspecified atom stereocenters. The highest BCUT2D eigenvalue weighted by Crippen LogP contribution is 2.30. The molecular formula is C12H16BrFN2O. The van der Waals surface area contributed by atoms with Crippen molar-refractivity contribution in [2.75, 3.05) is 18.2 Å². The van der Waals surface area contributed by atoms with E-state index < -0.39 is 0 Å². The minimum absolute atomic E-state index is 0.317. The summed E-state index contributed by atoms with van der Waals surface area (Å²) in [6, 6.07) is 3.36. The van der Waals surface area contributed by atoms with E-state index in [0.717, 1.165) is 24.9 Å². The quantitative estimate of drug-likeness (QED) is 0.843. The van der Waals surface area contributed by atoms with Crippen LogP contribution in [-0.2, 0) is 4.74 Å². The van der Waals surface area contributed by atoms with Gasteiger partial charge in [-0.2, -0.15) is 0 Å². The zero-order valence-corrected chi connectivity index (χ0v) is 11.3. The van der Waals surface area contributed by atoms with Gasteiger partial charge < -0.3 is 15.8 Å². The molecule has 1 fully saturated rings. The fourth-order valence-corrected chi connectivity index (χ4v) is 2.54. The van der Waals surface area contributed by atoms with Gasteiger partial charge >= 0.3 is 0 Å². The van der Waals surface area contributed by atoms with Gasteiger partial charge in [0.25, 0.3) is 0 Å². The van der Waals surface area contributed by atoms with Crippen LogP contribution < -0.4 is 11.1 Å². The summed E-state index contributed by atoms with van der Waals surface area (Å²) in [5.74, 6) is -0.339. The van der Waals surface area contributed by atoms with E-state index in [1.165, 1.54) is 6.07 Å². The highest BCUT2D eigenvalue weighted by Gasteiger charge is 2.24. The Morgan fingerprint density at radius 3 is 2.88 bits per heavy atom. The summed E-state index contributed by atoms with van der Waals surface area (Å²) in [7, 11) is 1.73. The molecule has 17 heavy (non-hydrogen) atoms. The zero-order chi connectivity index (χ0) is 12.4. The molecule has 1 aliphatic rings. The van der Waals surface area contributed by atoms with Crippen molar-refractivity contribution in [2.45, 2.75) is 31.4 Å². The lowest BCUT2D eigenvalue weighted by molar-refractivity contribution is 0.108. The van der Waals surface area contributed by atoms with Crippen LogP contribution in [0.3, 0.4) is 0 Å². The Labute approximate surface area is 109 Å². The number of nitrogens with one attached hydrogen (secondary N) is 1. The fourth-order valence-electron chi connectivity index (χ4n) is 2.19. The van der Waals surface area contributed by atoms with Crippen LogP contribution in [0.25, 0.3) is 0 Å². The minimum Gasteiger partial charge on any atom is -0.397 e. The molecule has 0 bridgehead atoms. The van der Waals surface area contributed by atoms with E-state index in [2.05, 4.69) is 21.2 Å². The van der Waals surface area contributed by atoms with Crippen molar-refractivity contribution in [1.29, 1.82) is 0 Å². The van der Waals surface area contributed by atoms with Crippen LogP contribution in [0.4, 0.5) is 15.8 Å². The molecule has 0 spiro atoms. The van der Waals surface area contributed by atoms with Crippen molar-refractivity contribution in [3.05, 3.63) is 22.4 Å². The Morgan fingerprint density at radius 1 is 1.47 bits per heavy atom. The van der Waals surface area contributed by atoms with Gasteiger partial charge in [-0.25, -0.2) is 4.39 Å². The lowest BCUT2D eigenvalue weighted by Crippen LogP contribution is -2.18. The summed E-state index contributed by atoms with van der Waals surface area (Å²) in [5.41, 5.74) is 7.00.